The summed E-state index contributed by atoms with van der Waals surface area (Å²) in [7, 11) is 0. The van der Waals surface area contributed by atoms with Gasteiger partial charge in [-0.1, -0.05) is 12.1 Å². The summed E-state index contributed by atoms with van der Waals surface area (Å²) >= 11 is 0.120. The molecular weight excluding hydrogens is 357 g/mol. The first kappa shape index (κ1) is 18.8. The Bertz CT molecular complexity index is 742. The topological polar surface area (TPSA) is 68.3 Å². The molecule has 9 heteroatoms. The first-order chi connectivity index (χ1) is 12.0. The van der Waals surface area contributed by atoms with Gasteiger partial charge in [-0.05, 0) is 41.6 Å². The van der Waals surface area contributed by atoms with E-state index in [1.54, 1.807) is 0 Å². The molecule has 0 radical (unpaired) electrons. The Morgan fingerprint density at radius 1 is 1.20 bits per heavy atom. The number of thioether (sulfide) groups is 1. The summed E-state index contributed by atoms with van der Waals surface area (Å²) in [6.07, 6.45) is 1.27. The highest BCUT2D eigenvalue weighted by Crippen LogP contribution is 2.26. The van der Waals surface area contributed by atoms with Crippen LogP contribution in [0.15, 0.2) is 47.6 Å². The van der Waals surface area contributed by atoms with Crippen molar-refractivity contribution in [2.75, 3.05) is 6.61 Å². The van der Waals surface area contributed by atoms with Crippen molar-refractivity contribution in [1.29, 1.82) is 0 Å². The van der Waals surface area contributed by atoms with Crippen LogP contribution in [0.1, 0.15) is 15.9 Å². The molecule has 5 nitrogen and oxygen atoms in total. The van der Waals surface area contributed by atoms with Gasteiger partial charge in [-0.25, -0.2) is 14.2 Å². The summed E-state index contributed by atoms with van der Waals surface area (Å²) in [5.41, 5.74) is 0.531. The lowest BCUT2D eigenvalue weighted by atomic mass is 10.2. The quantitative estimate of drug-likeness (QED) is 0.599. The van der Waals surface area contributed by atoms with Gasteiger partial charge < -0.3 is 10.1 Å². The zero-order chi connectivity index (χ0) is 18.2. The molecule has 0 aliphatic rings. The highest BCUT2D eigenvalue weighted by molar-refractivity contribution is 7.99. The van der Waals surface area contributed by atoms with Gasteiger partial charge in [0.05, 0.1) is 5.56 Å². The Hall–Kier alpha value is -2.55. The van der Waals surface area contributed by atoms with E-state index in [9.17, 15) is 22.8 Å². The molecule has 25 heavy (non-hydrogen) atoms. The Morgan fingerprint density at radius 2 is 1.92 bits per heavy atom. The van der Waals surface area contributed by atoms with Crippen LogP contribution in [0, 0.1) is 5.82 Å². The molecule has 0 bridgehead atoms. The Morgan fingerprint density at radius 3 is 2.60 bits per heavy atom. The number of ether oxygens (including phenoxy) is 1. The second-order valence-electron chi connectivity index (χ2n) is 4.71. The molecule has 0 spiro atoms. The lowest BCUT2D eigenvalue weighted by Gasteiger charge is -2.09. The van der Waals surface area contributed by atoms with Gasteiger partial charge in [-0.15, -0.1) is 0 Å². The molecule has 1 amide bonds. The summed E-state index contributed by atoms with van der Waals surface area (Å²) in [6, 6.07) is 8.21. The maximum absolute atomic E-state index is 12.8. The van der Waals surface area contributed by atoms with Gasteiger partial charge in [0.25, 0.3) is 11.7 Å². The first-order valence-electron chi connectivity index (χ1n) is 7.04. The van der Waals surface area contributed by atoms with E-state index < -0.39 is 30.1 Å². The normalized spacial score (nSPS) is 10.6. The van der Waals surface area contributed by atoms with Crippen LogP contribution >= 0.6 is 11.8 Å². The van der Waals surface area contributed by atoms with E-state index in [1.165, 1.54) is 42.6 Å². The average molecular weight is 370 g/mol. The number of carbonyl (C=O) groups is 2. The number of amides is 1. The summed E-state index contributed by atoms with van der Waals surface area (Å²) in [5, 5.41) is 2.32. The summed E-state index contributed by atoms with van der Waals surface area (Å²) in [6.45, 7) is -0.441. The molecule has 1 aromatic heterocycles. The van der Waals surface area contributed by atoms with E-state index in [4.69, 9.17) is 4.74 Å². The molecule has 0 fully saturated rings. The number of hydrogen-bond acceptors (Lipinski definition) is 5. The molecule has 0 saturated heterocycles. The number of hydrogen-bond donors (Lipinski definition) is 1. The van der Waals surface area contributed by atoms with Gasteiger partial charge in [0, 0.05) is 12.7 Å². The van der Waals surface area contributed by atoms with Crippen LogP contribution in [0.3, 0.4) is 0 Å². The molecule has 0 saturated carbocycles. The third-order valence-corrected chi connectivity index (χ3v) is 3.66. The van der Waals surface area contributed by atoms with E-state index in [0.29, 0.717) is 5.56 Å². The molecule has 0 unspecified atom stereocenters. The van der Waals surface area contributed by atoms with E-state index in [-0.39, 0.29) is 28.9 Å². The van der Waals surface area contributed by atoms with Crippen molar-refractivity contribution in [2.24, 2.45) is 0 Å². The molecule has 2 aromatic rings. The molecule has 132 valence electrons. The summed E-state index contributed by atoms with van der Waals surface area (Å²) in [5.74, 6) is -4.63. The highest BCUT2D eigenvalue weighted by Gasteiger charge is 2.18. The fourth-order valence-electron chi connectivity index (χ4n) is 1.79. The standard InChI is InChI=1S/C16H13F3N2O3S/c17-11-5-3-10(4-6-11)8-21-13(22)9-24-15(23)12-2-1-7-20-14(12)25-16(18)19/h1-7,16H,8-9H2,(H,21,22). The van der Waals surface area contributed by atoms with Gasteiger partial charge in [0.1, 0.15) is 10.8 Å². The maximum atomic E-state index is 12.8. The van der Waals surface area contributed by atoms with E-state index in [2.05, 4.69) is 10.3 Å². The SMILES string of the molecule is O=C(COC(=O)c1cccnc1SC(F)F)NCc1ccc(F)cc1. The monoisotopic (exact) mass is 370 g/mol. The number of aromatic nitrogens is 1. The van der Waals surface area contributed by atoms with Crippen LogP contribution < -0.4 is 5.32 Å². The molecule has 1 aromatic carbocycles. The minimum absolute atomic E-state index is 0.120. The molecule has 1 heterocycles. The molecule has 2 rings (SSSR count). The highest BCUT2D eigenvalue weighted by atomic mass is 32.2. The summed E-state index contributed by atoms with van der Waals surface area (Å²) in [4.78, 5) is 27.3. The van der Waals surface area contributed by atoms with Gasteiger partial charge in [-0.2, -0.15) is 8.78 Å². The Labute approximate surface area is 145 Å². The fourth-order valence-corrected chi connectivity index (χ4v) is 2.36. The number of pyridine rings is 1. The first-order valence-corrected chi connectivity index (χ1v) is 7.92. The van der Waals surface area contributed by atoms with Crippen molar-refractivity contribution >= 4 is 23.6 Å². The average Bonchev–Trinajstić information content (AvgIpc) is 2.59. The second-order valence-corrected chi connectivity index (χ2v) is 5.69. The van der Waals surface area contributed by atoms with Crippen molar-refractivity contribution in [2.45, 2.75) is 17.3 Å². The van der Waals surface area contributed by atoms with Crippen LogP contribution in [0.4, 0.5) is 13.2 Å². The predicted molar refractivity (Wildman–Crippen MR) is 84.6 cm³/mol. The third-order valence-electron chi connectivity index (χ3n) is 2.93. The lowest BCUT2D eigenvalue weighted by Crippen LogP contribution is -2.28. The fraction of sp³-hybridized carbons (Fsp3) is 0.188. The van der Waals surface area contributed by atoms with E-state index >= 15 is 0 Å². The number of halogens is 3. The van der Waals surface area contributed by atoms with Crippen LogP contribution in [0.5, 0.6) is 0 Å². The van der Waals surface area contributed by atoms with Crippen molar-refractivity contribution in [1.82, 2.24) is 10.3 Å². The van der Waals surface area contributed by atoms with E-state index in [0.717, 1.165) is 0 Å². The second kappa shape index (κ2) is 9.07. The van der Waals surface area contributed by atoms with Gasteiger partial charge in [-0.3, -0.25) is 4.79 Å². The number of benzene rings is 1. The molecule has 0 aliphatic carbocycles. The third kappa shape index (κ3) is 6.11. The Balaban J connectivity index is 1.85. The number of carbonyl (C=O) groups excluding carboxylic acids is 2. The minimum Gasteiger partial charge on any atom is -0.452 e. The lowest BCUT2D eigenvalue weighted by molar-refractivity contribution is -0.124. The molecular formula is C16H13F3N2O3S. The van der Waals surface area contributed by atoms with Gasteiger partial charge in [0.2, 0.25) is 0 Å². The molecule has 1 N–H and O–H groups in total. The predicted octanol–water partition coefficient (Wildman–Crippen LogP) is 3.01. The van der Waals surface area contributed by atoms with Crippen LogP contribution in [-0.4, -0.2) is 29.2 Å². The van der Waals surface area contributed by atoms with Crippen LogP contribution in [0.25, 0.3) is 0 Å². The number of rotatable bonds is 7. The zero-order valence-corrected chi connectivity index (χ0v) is 13.6. The number of nitrogens with zero attached hydrogens (tertiary/aromatic N) is 1. The maximum Gasteiger partial charge on any atom is 0.341 e. The molecule has 0 aliphatic heterocycles. The molecule has 0 atom stereocenters. The van der Waals surface area contributed by atoms with Crippen molar-refractivity contribution in [3.63, 3.8) is 0 Å². The van der Waals surface area contributed by atoms with Crippen LogP contribution in [-0.2, 0) is 16.1 Å². The number of esters is 1. The minimum atomic E-state index is -2.74. The van der Waals surface area contributed by atoms with Crippen molar-refractivity contribution in [3.8, 4) is 0 Å². The zero-order valence-electron chi connectivity index (χ0n) is 12.7. The number of alkyl halides is 2. The summed E-state index contributed by atoms with van der Waals surface area (Å²) < 4.78 is 42.5. The van der Waals surface area contributed by atoms with Gasteiger partial charge >= 0.3 is 5.97 Å². The van der Waals surface area contributed by atoms with Crippen LogP contribution in [0.2, 0.25) is 0 Å². The largest absolute Gasteiger partial charge is 0.452 e. The smallest absolute Gasteiger partial charge is 0.341 e. The van der Waals surface area contributed by atoms with E-state index in [1.807, 2.05) is 0 Å². The number of nitrogens with one attached hydrogen (secondary N) is 1. The van der Waals surface area contributed by atoms with Crippen molar-refractivity contribution in [3.05, 3.63) is 59.5 Å². The Kier molecular flexibility index (Phi) is 6.81. The van der Waals surface area contributed by atoms with Gasteiger partial charge in [0.15, 0.2) is 6.61 Å². The van der Waals surface area contributed by atoms with Crippen molar-refractivity contribution < 1.29 is 27.5 Å².